The lowest BCUT2D eigenvalue weighted by Gasteiger charge is -2.31. The normalized spacial score (nSPS) is 19.7. The Labute approximate surface area is 193 Å². The molecule has 172 valence electrons. The van der Waals surface area contributed by atoms with E-state index in [1.54, 1.807) is 0 Å². The molecular formula is C23H31N5O3S. The lowest BCUT2D eigenvalue weighted by Crippen LogP contribution is -2.37. The van der Waals surface area contributed by atoms with Crippen molar-refractivity contribution in [2.75, 3.05) is 24.6 Å². The topological polar surface area (TPSA) is 89.8 Å². The fraction of sp³-hybridized carbons (Fsp3) is 0.609. The molecule has 1 aliphatic heterocycles. The SMILES string of the molecule is CCOC(=O)c1sc(C2CCC(=NOC3CCN(c4ncc(C)cn4)CC3)CC2)nc1C. The van der Waals surface area contributed by atoms with E-state index < -0.39 is 0 Å². The summed E-state index contributed by atoms with van der Waals surface area (Å²) in [7, 11) is 0. The zero-order valence-electron chi connectivity index (χ0n) is 19.0. The summed E-state index contributed by atoms with van der Waals surface area (Å²) in [4.78, 5) is 34.3. The van der Waals surface area contributed by atoms with Crippen LogP contribution in [0.25, 0.3) is 0 Å². The Bertz CT molecular complexity index is 941. The van der Waals surface area contributed by atoms with Gasteiger partial charge in [0, 0.05) is 44.2 Å². The molecule has 2 aliphatic rings. The van der Waals surface area contributed by atoms with E-state index in [9.17, 15) is 4.79 Å². The van der Waals surface area contributed by atoms with E-state index in [1.165, 1.54) is 11.3 Å². The molecule has 1 aliphatic carbocycles. The van der Waals surface area contributed by atoms with E-state index in [2.05, 4.69) is 25.0 Å². The largest absolute Gasteiger partial charge is 0.462 e. The van der Waals surface area contributed by atoms with Crippen molar-refractivity contribution in [2.45, 2.75) is 71.3 Å². The number of aryl methyl sites for hydroxylation is 2. The molecule has 0 atom stereocenters. The Hall–Kier alpha value is -2.55. The van der Waals surface area contributed by atoms with Crippen LogP contribution in [0.4, 0.5) is 5.95 Å². The smallest absolute Gasteiger partial charge is 0.350 e. The first-order valence-corrected chi connectivity index (χ1v) is 12.2. The number of hydrogen-bond donors (Lipinski definition) is 0. The summed E-state index contributed by atoms with van der Waals surface area (Å²) in [5.74, 6) is 0.904. The minimum Gasteiger partial charge on any atom is -0.462 e. The van der Waals surface area contributed by atoms with Gasteiger partial charge in [-0.25, -0.2) is 19.7 Å². The van der Waals surface area contributed by atoms with Crippen molar-refractivity contribution < 1.29 is 14.4 Å². The van der Waals surface area contributed by atoms with Gasteiger partial charge in [0.25, 0.3) is 0 Å². The highest BCUT2D eigenvalue weighted by Crippen LogP contribution is 2.35. The van der Waals surface area contributed by atoms with Gasteiger partial charge in [-0.2, -0.15) is 0 Å². The van der Waals surface area contributed by atoms with Gasteiger partial charge in [-0.05, 0) is 52.0 Å². The molecule has 32 heavy (non-hydrogen) atoms. The number of anilines is 1. The molecular weight excluding hydrogens is 426 g/mol. The van der Waals surface area contributed by atoms with Gasteiger partial charge in [-0.15, -0.1) is 11.3 Å². The second-order valence-corrected chi connectivity index (χ2v) is 9.50. The van der Waals surface area contributed by atoms with Gasteiger partial charge in [-0.3, -0.25) is 0 Å². The molecule has 0 unspecified atom stereocenters. The molecule has 0 spiro atoms. The van der Waals surface area contributed by atoms with E-state index >= 15 is 0 Å². The molecule has 1 saturated carbocycles. The molecule has 0 N–H and O–H groups in total. The van der Waals surface area contributed by atoms with Crippen LogP contribution in [0.3, 0.4) is 0 Å². The Morgan fingerprint density at radius 1 is 1.16 bits per heavy atom. The predicted octanol–water partition coefficient (Wildman–Crippen LogP) is 4.43. The second-order valence-electron chi connectivity index (χ2n) is 8.47. The van der Waals surface area contributed by atoms with Crippen LogP contribution in [0, 0.1) is 13.8 Å². The van der Waals surface area contributed by atoms with Gasteiger partial charge >= 0.3 is 5.97 Å². The highest BCUT2D eigenvalue weighted by molar-refractivity contribution is 7.13. The van der Waals surface area contributed by atoms with Crippen LogP contribution >= 0.6 is 11.3 Å². The van der Waals surface area contributed by atoms with Crippen molar-refractivity contribution in [1.82, 2.24) is 15.0 Å². The van der Waals surface area contributed by atoms with E-state index in [1.807, 2.05) is 33.2 Å². The molecule has 2 fully saturated rings. The third kappa shape index (κ3) is 5.43. The average molecular weight is 458 g/mol. The first-order valence-electron chi connectivity index (χ1n) is 11.4. The molecule has 3 heterocycles. The highest BCUT2D eigenvalue weighted by atomic mass is 32.1. The maximum atomic E-state index is 12.1. The summed E-state index contributed by atoms with van der Waals surface area (Å²) < 4.78 is 5.14. The average Bonchev–Trinajstić information content (AvgIpc) is 3.21. The van der Waals surface area contributed by atoms with Crippen molar-refractivity contribution in [3.8, 4) is 0 Å². The van der Waals surface area contributed by atoms with Crippen LogP contribution in [0.5, 0.6) is 0 Å². The number of oxime groups is 1. The quantitative estimate of drug-likeness (QED) is 0.468. The molecule has 0 bridgehead atoms. The van der Waals surface area contributed by atoms with Crippen LogP contribution < -0.4 is 4.90 Å². The molecule has 0 amide bonds. The molecule has 0 aromatic carbocycles. The van der Waals surface area contributed by atoms with Gasteiger partial charge in [0.15, 0.2) is 0 Å². The fourth-order valence-electron chi connectivity index (χ4n) is 4.13. The molecule has 2 aromatic heterocycles. The maximum absolute atomic E-state index is 12.1. The van der Waals surface area contributed by atoms with Gasteiger partial charge < -0.3 is 14.5 Å². The molecule has 2 aromatic rings. The molecule has 8 nitrogen and oxygen atoms in total. The van der Waals surface area contributed by atoms with Gasteiger partial charge in [0.1, 0.15) is 11.0 Å². The zero-order chi connectivity index (χ0) is 22.5. The van der Waals surface area contributed by atoms with E-state index in [4.69, 9.17) is 9.57 Å². The van der Waals surface area contributed by atoms with Crippen LogP contribution in [0.1, 0.15) is 77.3 Å². The van der Waals surface area contributed by atoms with Crippen molar-refractivity contribution in [2.24, 2.45) is 5.16 Å². The van der Waals surface area contributed by atoms with E-state index in [0.717, 1.165) is 79.5 Å². The fourth-order valence-corrected chi connectivity index (χ4v) is 5.26. The van der Waals surface area contributed by atoms with Crippen LogP contribution in [0.15, 0.2) is 17.5 Å². The third-order valence-electron chi connectivity index (χ3n) is 6.01. The lowest BCUT2D eigenvalue weighted by molar-refractivity contribution is 0.0406. The Morgan fingerprint density at radius 3 is 2.50 bits per heavy atom. The zero-order valence-corrected chi connectivity index (χ0v) is 19.9. The number of carbonyl (C=O) groups excluding carboxylic acids is 1. The lowest BCUT2D eigenvalue weighted by atomic mass is 9.88. The summed E-state index contributed by atoms with van der Waals surface area (Å²) in [6, 6.07) is 0. The van der Waals surface area contributed by atoms with Crippen molar-refractivity contribution >= 4 is 29.0 Å². The van der Waals surface area contributed by atoms with Gasteiger partial charge in [0.2, 0.25) is 5.95 Å². The number of esters is 1. The third-order valence-corrected chi connectivity index (χ3v) is 7.31. The van der Waals surface area contributed by atoms with Crippen molar-refractivity contribution in [3.05, 3.63) is 33.5 Å². The highest BCUT2D eigenvalue weighted by Gasteiger charge is 2.26. The molecule has 0 radical (unpaired) electrons. The maximum Gasteiger partial charge on any atom is 0.350 e. The summed E-state index contributed by atoms with van der Waals surface area (Å²) in [6.45, 7) is 7.84. The van der Waals surface area contributed by atoms with Gasteiger partial charge in [-0.1, -0.05) is 5.16 Å². The number of carbonyl (C=O) groups is 1. The minimum atomic E-state index is -0.264. The number of ether oxygens (including phenoxy) is 1. The molecule has 1 saturated heterocycles. The van der Waals surface area contributed by atoms with Crippen molar-refractivity contribution in [3.63, 3.8) is 0 Å². The number of hydrogen-bond acceptors (Lipinski definition) is 9. The Balaban J connectivity index is 1.24. The number of aromatic nitrogens is 3. The first-order chi connectivity index (χ1) is 15.5. The Morgan fingerprint density at radius 2 is 1.84 bits per heavy atom. The number of nitrogens with zero attached hydrogens (tertiary/aromatic N) is 5. The summed E-state index contributed by atoms with van der Waals surface area (Å²) in [5.41, 5.74) is 2.97. The molecule has 4 rings (SSSR count). The van der Waals surface area contributed by atoms with E-state index in [-0.39, 0.29) is 12.1 Å². The molecule has 9 heteroatoms. The number of piperidine rings is 1. The first kappa shape index (κ1) is 22.6. The summed E-state index contributed by atoms with van der Waals surface area (Å²) >= 11 is 1.48. The standard InChI is InChI=1S/C23H31N5O3S/c1-4-30-22(29)20-16(3)26-21(32-20)17-5-7-18(8-6-17)27-31-19-9-11-28(12-10-19)23-24-13-15(2)14-25-23/h13-14,17,19H,4-12H2,1-3H3. The second kappa shape index (κ2) is 10.4. The van der Waals surface area contributed by atoms with Crippen LogP contribution in [-0.2, 0) is 9.57 Å². The monoisotopic (exact) mass is 457 g/mol. The van der Waals surface area contributed by atoms with Crippen molar-refractivity contribution in [1.29, 1.82) is 0 Å². The summed E-state index contributed by atoms with van der Waals surface area (Å²) in [5, 5.41) is 5.53. The Kier molecular flexibility index (Phi) is 7.34. The number of thiazole rings is 1. The minimum absolute atomic E-state index is 0.149. The summed E-state index contributed by atoms with van der Waals surface area (Å²) in [6.07, 6.45) is 9.51. The van der Waals surface area contributed by atoms with Gasteiger partial charge in [0.05, 0.1) is 23.0 Å². The van der Waals surface area contributed by atoms with E-state index in [0.29, 0.717) is 17.4 Å². The number of rotatable bonds is 6. The predicted molar refractivity (Wildman–Crippen MR) is 125 cm³/mol. The van der Waals surface area contributed by atoms with Crippen LogP contribution in [0.2, 0.25) is 0 Å². The van der Waals surface area contributed by atoms with Crippen LogP contribution in [-0.4, -0.2) is 52.4 Å².